The molecule has 2 aromatic rings. The summed E-state index contributed by atoms with van der Waals surface area (Å²) in [5.41, 5.74) is 2.26. The second-order valence-electron chi connectivity index (χ2n) is 5.61. The summed E-state index contributed by atoms with van der Waals surface area (Å²) in [4.78, 5) is 7.00. The fourth-order valence-corrected chi connectivity index (χ4v) is 2.26. The molecule has 0 unspecified atom stereocenters. The molecule has 0 radical (unpaired) electrons. The van der Waals surface area contributed by atoms with Crippen molar-refractivity contribution in [3.05, 3.63) is 35.9 Å². The van der Waals surface area contributed by atoms with Crippen molar-refractivity contribution in [2.75, 3.05) is 32.2 Å². The average Bonchev–Trinajstić information content (AvgIpc) is 2.49. The van der Waals surface area contributed by atoms with E-state index < -0.39 is 0 Å². The molecule has 4 heteroatoms. The van der Waals surface area contributed by atoms with Crippen molar-refractivity contribution >= 4 is 16.7 Å². The highest BCUT2D eigenvalue weighted by Crippen LogP contribution is 2.23. The number of benzene rings is 1. The minimum atomic E-state index is 0.452. The first-order valence-electron chi connectivity index (χ1n) is 7.44. The summed E-state index contributed by atoms with van der Waals surface area (Å²) in [7, 11) is 3.79. The lowest BCUT2D eigenvalue weighted by atomic mass is 10.1. The van der Waals surface area contributed by atoms with Gasteiger partial charge >= 0.3 is 0 Å². The zero-order valence-corrected chi connectivity index (χ0v) is 13.4. The van der Waals surface area contributed by atoms with Crippen LogP contribution in [0.4, 0.5) is 5.82 Å². The lowest BCUT2D eigenvalue weighted by Gasteiger charge is -2.22. The number of anilines is 1. The van der Waals surface area contributed by atoms with E-state index in [9.17, 15) is 0 Å². The summed E-state index contributed by atoms with van der Waals surface area (Å²) < 4.78 is 5.17. The third-order valence-electron chi connectivity index (χ3n) is 3.47. The number of nitrogens with zero attached hydrogens (tertiary/aromatic N) is 2. The smallest absolute Gasteiger partial charge is 0.133 e. The predicted molar refractivity (Wildman–Crippen MR) is 88.9 cm³/mol. The van der Waals surface area contributed by atoms with Crippen LogP contribution in [0.15, 0.2) is 30.3 Å². The number of likely N-dealkylation sites (N-methyl/N-ethyl adjacent to an activating group) is 1. The van der Waals surface area contributed by atoms with Crippen molar-refractivity contribution < 1.29 is 4.74 Å². The van der Waals surface area contributed by atoms with Crippen LogP contribution in [0.3, 0.4) is 0 Å². The van der Waals surface area contributed by atoms with E-state index in [2.05, 4.69) is 55.4 Å². The Labute approximate surface area is 127 Å². The summed E-state index contributed by atoms with van der Waals surface area (Å²) >= 11 is 0. The number of rotatable bonds is 7. The molecule has 114 valence electrons. The Morgan fingerprint density at radius 1 is 1.29 bits per heavy atom. The van der Waals surface area contributed by atoms with Gasteiger partial charge < -0.3 is 15.0 Å². The molecule has 2 rings (SSSR count). The van der Waals surface area contributed by atoms with Crippen LogP contribution in [-0.2, 0) is 11.3 Å². The summed E-state index contributed by atoms with van der Waals surface area (Å²) in [6, 6.07) is 10.9. The molecule has 0 aliphatic rings. The number of ether oxygens (including phenoxy) is 1. The molecular weight excluding hydrogens is 262 g/mol. The van der Waals surface area contributed by atoms with Gasteiger partial charge in [-0.15, -0.1) is 0 Å². The van der Waals surface area contributed by atoms with Gasteiger partial charge in [0.05, 0.1) is 12.1 Å². The highest BCUT2D eigenvalue weighted by molar-refractivity contribution is 5.81. The van der Waals surface area contributed by atoms with E-state index in [0.29, 0.717) is 12.6 Å². The molecule has 0 fully saturated rings. The van der Waals surface area contributed by atoms with Crippen LogP contribution in [0.5, 0.6) is 0 Å². The molecule has 1 aromatic heterocycles. The molecule has 0 aliphatic heterocycles. The zero-order valence-electron chi connectivity index (χ0n) is 13.4. The Morgan fingerprint density at radius 2 is 2.05 bits per heavy atom. The van der Waals surface area contributed by atoms with E-state index in [1.54, 1.807) is 7.11 Å². The maximum absolute atomic E-state index is 5.17. The van der Waals surface area contributed by atoms with Crippen molar-refractivity contribution in [2.24, 2.45) is 0 Å². The zero-order chi connectivity index (χ0) is 15.2. The number of para-hydroxylation sites is 1. The first-order valence-corrected chi connectivity index (χ1v) is 7.44. The summed E-state index contributed by atoms with van der Waals surface area (Å²) in [5.74, 6) is 1.03. The molecule has 0 atom stereocenters. The van der Waals surface area contributed by atoms with Gasteiger partial charge in [0, 0.05) is 44.2 Å². The summed E-state index contributed by atoms with van der Waals surface area (Å²) in [6.45, 7) is 6.66. The van der Waals surface area contributed by atoms with E-state index in [4.69, 9.17) is 9.72 Å². The molecule has 1 aromatic carbocycles. The van der Waals surface area contributed by atoms with E-state index in [0.717, 1.165) is 24.4 Å². The van der Waals surface area contributed by atoms with Gasteiger partial charge in [0.15, 0.2) is 0 Å². The number of fused-ring (bicyclic) bond motifs is 1. The molecule has 21 heavy (non-hydrogen) atoms. The Bertz CT molecular complexity index is 583. The van der Waals surface area contributed by atoms with Crippen molar-refractivity contribution in [1.82, 2.24) is 10.3 Å². The average molecular weight is 287 g/mol. The number of methoxy groups -OCH3 is 1. The van der Waals surface area contributed by atoms with Crippen molar-refractivity contribution in [2.45, 2.75) is 26.4 Å². The molecule has 0 amide bonds. The fraction of sp³-hybridized carbons (Fsp3) is 0.471. The van der Waals surface area contributed by atoms with E-state index in [1.807, 2.05) is 6.07 Å². The van der Waals surface area contributed by atoms with Gasteiger partial charge in [-0.05, 0) is 12.1 Å². The highest BCUT2D eigenvalue weighted by Gasteiger charge is 2.11. The second-order valence-corrected chi connectivity index (χ2v) is 5.61. The van der Waals surface area contributed by atoms with Gasteiger partial charge in [-0.25, -0.2) is 4.98 Å². The molecule has 0 saturated heterocycles. The Balaban J connectivity index is 2.35. The van der Waals surface area contributed by atoms with Crippen molar-refractivity contribution in [3.8, 4) is 0 Å². The van der Waals surface area contributed by atoms with Crippen LogP contribution >= 0.6 is 0 Å². The van der Waals surface area contributed by atoms with Gasteiger partial charge in [0.25, 0.3) is 0 Å². The summed E-state index contributed by atoms with van der Waals surface area (Å²) in [5, 5.41) is 4.66. The number of aromatic nitrogens is 1. The molecular formula is C17H25N3O. The summed E-state index contributed by atoms with van der Waals surface area (Å²) in [6.07, 6.45) is 0. The van der Waals surface area contributed by atoms with E-state index >= 15 is 0 Å². The number of hydrogen-bond acceptors (Lipinski definition) is 4. The van der Waals surface area contributed by atoms with Crippen LogP contribution in [0, 0.1) is 0 Å². The Hall–Kier alpha value is -1.65. The normalized spacial score (nSPS) is 11.3. The van der Waals surface area contributed by atoms with Gasteiger partial charge in [0.1, 0.15) is 5.82 Å². The minimum Gasteiger partial charge on any atom is -0.383 e. The molecule has 0 aliphatic carbocycles. The molecule has 1 heterocycles. The minimum absolute atomic E-state index is 0.452. The fourth-order valence-electron chi connectivity index (χ4n) is 2.26. The molecule has 0 spiro atoms. The molecule has 4 nitrogen and oxygen atoms in total. The third-order valence-corrected chi connectivity index (χ3v) is 3.47. The van der Waals surface area contributed by atoms with Crippen molar-refractivity contribution in [3.63, 3.8) is 0 Å². The van der Waals surface area contributed by atoms with Gasteiger partial charge in [-0.1, -0.05) is 32.0 Å². The van der Waals surface area contributed by atoms with Crippen LogP contribution < -0.4 is 10.2 Å². The number of nitrogens with one attached hydrogen (secondary N) is 1. The SMILES string of the molecule is COCCN(C)c1nc2ccccc2cc1CNC(C)C. The van der Waals surface area contributed by atoms with Gasteiger partial charge in [0.2, 0.25) is 0 Å². The monoisotopic (exact) mass is 287 g/mol. The quantitative estimate of drug-likeness (QED) is 0.849. The maximum atomic E-state index is 5.17. The molecule has 1 N–H and O–H groups in total. The molecule has 0 saturated carbocycles. The van der Waals surface area contributed by atoms with Crippen molar-refractivity contribution in [1.29, 1.82) is 0 Å². The third kappa shape index (κ3) is 4.16. The largest absolute Gasteiger partial charge is 0.383 e. The lowest BCUT2D eigenvalue weighted by molar-refractivity contribution is 0.206. The van der Waals surface area contributed by atoms with E-state index in [-0.39, 0.29) is 0 Å². The predicted octanol–water partition coefficient (Wildman–Crippen LogP) is 2.82. The number of hydrogen-bond donors (Lipinski definition) is 1. The highest BCUT2D eigenvalue weighted by atomic mass is 16.5. The van der Waals surface area contributed by atoms with E-state index in [1.165, 1.54) is 10.9 Å². The van der Waals surface area contributed by atoms with Gasteiger partial charge in [-0.2, -0.15) is 0 Å². The Morgan fingerprint density at radius 3 is 2.76 bits per heavy atom. The van der Waals surface area contributed by atoms with Crippen LogP contribution in [0.2, 0.25) is 0 Å². The standard InChI is InChI=1S/C17H25N3O/c1-13(2)18-12-15-11-14-7-5-6-8-16(14)19-17(15)20(3)9-10-21-4/h5-8,11,13,18H,9-10,12H2,1-4H3. The van der Waals surface area contributed by atoms with Crippen LogP contribution in [0.25, 0.3) is 10.9 Å². The van der Waals surface area contributed by atoms with Crippen LogP contribution in [-0.4, -0.2) is 38.3 Å². The van der Waals surface area contributed by atoms with Crippen LogP contribution in [0.1, 0.15) is 19.4 Å². The maximum Gasteiger partial charge on any atom is 0.133 e. The topological polar surface area (TPSA) is 37.4 Å². The second kappa shape index (κ2) is 7.38. The first kappa shape index (κ1) is 15.7. The van der Waals surface area contributed by atoms with Gasteiger partial charge in [-0.3, -0.25) is 0 Å². The Kier molecular flexibility index (Phi) is 5.53. The lowest BCUT2D eigenvalue weighted by Crippen LogP contribution is -2.27. The molecule has 0 bridgehead atoms. The number of pyridine rings is 1. The first-order chi connectivity index (χ1) is 10.1.